The largest absolute Gasteiger partial charge is 0.496 e. The molecule has 0 radical (unpaired) electrons. The Hall–Kier alpha value is -1.31. The highest BCUT2D eigenvalue weighted by Gasteiger charge is 2.41. The molecule has 1 saturated carbocycles. The van der Waals surface area contributed by atoms with Gasteiger partial charge >= 0.3 is 0 Å². The molecular weight excluding hydrogens is 248 g/mol. The first kappa shape index (κ1) is 15.1. The van der Waals surface area contributed by atoms with Gasteiger partial charge in [-0.05, 0) is 54.9 Å². The Balaban J connectivity index is 2.32. The van der Waals surface area contributed by atoms with E-state index in [-0.39, 0.29) is 11.3 Å². The number of Topliss-reactive ketones (excluding diaryl/α,β-unsaturated/α-hetero) is 1. The number of benzene rings is 1. The Labute approximate surface area is 122 Å². The number of ketones is 1. The van der Waals surface area contributed by atoms with Gasteiger partial charge in [-0.2, -0.15) is 0 Å². The van der Waals surface area contributed by atoms with Gasteiger partial charge in [-0.3, -0.25) is 4.79 Å². The second kappa shape index (κ2) is 5.59. The Morgan fingerprint density at radius 1 is 1.35 bits per heavy atom. The van der Waals surface area contributed by atoms with Gasteiger partial charge in [0, 0.05) is 11.5 Å². The minimum absolute atomic E-state index is 0.0998. The fourth-order valence-corrected chi connectivity index (χ4v) is 3.80. The van der Waals surface area contributed by atoms with Gasteiger partial charge in [-0.1, -0.05) is 27.2 Å². The van der Waals surface area contributed by atoms with Crippen LogP contribution in [0, 0.1) is 24.2 Å². The van der Waals surface area contributed by atoms with Crippen LogP contribution in [-0.4, -0.2) is 12.9 Å². The zero-order valence-corrected chi connectivity index (χ0v) is 13.3. The number of hydrogen-bond acceptors (Lipinski definition) is 2. The Morgan fingerprint density at radius 3 is 2.60 bits per heavy atom. The third-order valence-electron chi connectivity index (χ3n) is 4.85. The molecule has 2 nitrogen and oxygen atoms in total. The normalized spacial score (nSPS) is 25.2. The van der Waals surface area contributed by atoms with E-state index in [0.29, 0.717) is 11.7 Å². The Kier molecular flexibility index (Phi) is 4.22. The maximum absolute atomic E-state index is 12.9. The summed E-state index contributed by atoms with van der Waals surface area (Å²) >= 11 is 0. The molecule has 0 saturated heterocycles. The molecule has 1 aliphatic carbocycles. The van der Waals surface area contributed by atoms with Crippen molar-refractivity contribution < 1.29 is 9.53 Å². The molecule has 0 unspecified atom stereocenters. The van der Waals surface area contributed by atoms with Crippen LogP contribution in [-0.2, 0) is 0 Å². The highest BCUT2D eigenvalue weighted by Crippen LogP contribution is 2.45. The number of aryl methyl sites for hydroxylation is 1. The van der Waals surface area contributed by atoms with Gasteiger partial charge in [0.1, 0.15) is 5.75 Å². The average molecular weight is 274 g/mol. The molecule has 1 aromatic carbocycles. The van der Waals surface area contributed by atoms with Crippen molar-refractivity contribution in [1.29, 1.82) is 0 Å². The summed E-state index contributed by atoms with van der Waals surface area (Å²) in [5, 5.41) is 0. The van der Waals surface area contributed by atoms with Crippen LogP contribution < -0.4 is 4.74 Å². The fraction of sp³-hybridized carbons (Fsp3) is 0.611. The summed E-state index contributed by atoms with van der Waals surface area (Å²) in [5.74, 6) is 1.74. The molecule has 0 aromatic heterocycles. The van der Waals surface area contributed by atoms with Gasteiger partial charge in [0.05, 0.1) is 7.11 Å². The van der Waals surface area contributed by atoms with Crippen LogP contribution in [0.5, 0.6) is 5.75 Å². The van der Waals surface area contributed by atoms with Crippen molar-refractivity contribution in [2.75, 3.05) is 7.11 Å². The standard InChI is InChI=1S/C18H26O2/c1-12-7-6-10-18(3,4)16(12)17(19)14-8-9-15(20-5)13(2)11-14/h8-9,11-12,16H,6-7,10H2,1-5H3/t12-,16-/m0/s1. The van der Waals surface area contributed by atoms with E-state index >= 15 is 0 Å². The third kappa shape index (κ3) is 2.74. The first-order valence-corrected chi connectivity index (χ1v) is 7.55. The molecule has 2 atom stereocenters. The molecule has 20 heavy (non-hydrogen) atoms. The fourth-order valence-electron chi connectivity index (χ4n) is 3.80. The van der Waals surface area contributed by atoms with Crippen molar-refractivity contribution in [3.05, 3.63) is 29.3 Å². The lowest BCUT2D eigenvalue weighted by atomic mass is 9.62. The highest BCUT2D eigenvalue weighted by atomic mass is 16.5. The predicted molar refractivity (Wildman–Crippen MR) is 82.3 cm³/mol. The third-order valence-corrected chi connectivity index (χ3v) is 4.85. The van der Waals surface area contributed by atoms with Crippen LogP contribution in [0.2, 0.25) is 0 Å². The molecular formula is C18H26O2. The van der Waals surface area contributed by atoms with Crippen molar-refractivity contribution in [2.24, 2.45) is 17.3 Å². The van der Waals surface area contributed by atoms with E-state index in [0.717, 1.165) is 29.7 Å². The number of carbonyl (C=O) groups is 1. The quantitative estimate of drug-likeness (QED) is 0.750. The molecule has 2 rings (SSSR count). The minimum atomic E-state index is 0.0998. The Bertz CT molecular complexity index is 502. The van der Waals surface area contributed by atoms with E-state index in [1.807, 2.05) is 25.1 Å². The van der Waals surface area contributed by atoms with Crippen LogP contribution in [0.25, 0.3) is 0 Å². The van der Waals surface area contributed by atoms with Gasteiger partial charge in [0.15, 0.2) is 5.78 Å². The molecule has 0 heterocycles. The van der Waals surface area contributed by atoms with Gasteiger partial charge in [-0.25, -0.2) is 0 Å². The van der Waals surface area contributed by atoms with Gasteiger partial charge in [0.25, 0.3) is 0 Å². The lowest BCUT2D eigenvalue weighted by Crippen LogP contribution is -2.39. The molecule has 2 heteroatoms. The van der Waals surface area contributed by atoms with Crippen molar-refractivity contribution in [3.63, 3.8) is 0 Å². The van der Waals surface area contributed by atoms with Crippen molar-refractivity contribution in [2.45, 2.75) is 47.0 Å². The topological polar surface area (TPSA) is 26.3 Å². The zero-order chi connectivity index (χ0) is 14.9. The molecule has 0 bridgehead atoms. The van der Waals surface area contributed by atoms with E-state index in [9.17, 15) is 4.79 Å². The minimum Gasteiger partial charge on any atom is -0.496 e. The first-order valence-electron chi connectivity index (χ1n) is 7.55. The SMILES string of the molecule is COc1ccc(C(=O)[C@@H]2[C@@H](C)CCCC2(C)C)cc1C. The number of carbonyl (C=O) groups excluding carboxylic acids is 1. The molecule has 0 N–H and O–H groups in total. The van der Waals surface area contributed by atoms with Crippen LogP contribution >= 0.6 is 0 Å². The maximum atomic E-state index is 12.9. The lowest BCUT2D eigenvalue weighted by Gasteiger charge is -2.42. The number of rotatable bonds is 3. The van der Waals surface area contributed by atoms with Gasteiger partial charge < -0.3 is 4.74 Å². The first-order chi connectivity index (χ1) is 9.36. The highest BCUT2D eigenvalue weighted by molar-refractivity contribution is 5.98. The van der Waals surface area contributed by atoms with E-state index in [1.54, 1.807) is 7.11 Å². The van der Waals surface area contributed by atoms with Gasteiger partial charge in [-0.15, -0.1) is 0 Å². The Morgan fingerprint density at radius 2 is 2.05 bits per heavy atom. The van der Waals surface area contributed by atoms with Crippen LogP contribution in [0.1, 0.15) is 56.0 Å². The molecule has 0 spiro atoms. The summed E-state index contributed by atoms with van der Waals surface area (Å²) in [6.45, 7) is 8.69. The number of methoxy groups -OCH3 is 1. The van der Waals surface area contributed by atoms with Crippen molar-refractivity contribution in [1.82, 2.24) is 0 Å². The van der Waals surface area contributed by atoms with Crippen LogP contribution in [0.3, 0.4) is 0 Å². The van der Waals surface area contributed by atoms with E-state index in [4.69, 9.17) is 4.74 Å². The molecule has 0 amide bonds. The van der Waals surface area contributed by atoms with E-state index in [1.165, 1.54) is 6.42 Å². The summed E-state index contributed by atoms with van der Waals surface area (Å²) in [6, 6.07) is 5.78. The average Bonchev–Trinajstić information content (AvgIpc) is 2.37. The second-order valence-electron chi connectivity index (χ2n) is 6.88. The van der Waals surface area contributed by atoms with E-state index < -0.39 is 0 Å². The summed E-state index contributed by atoms with van der Waals surface area (Å²) in [7, 11) is 1.66. The molecule has 110 valence electrons. The molecule has 1 aromatic rings. The summed E-state index contributed by atoms with van der Waals surface area (Å²) in [6.07, 6.45) is 3.54. The lowest BCUT2D eigenvalue weighted by molar-refractivity contribution is 0.0539. The van der Waals surface area contributed by atoms with E-state index in [2.05, 4.69) is 20.8 Å². The second-order valence-corrected chi connectivity index (χ2v) is 6.88. The van der Waals surface area contributed by atoms with Crippen molar-refractivity contribution >= 4 is 5.78 Å². The molecule has 1 aliphatic rings. The molecule has 1 fully saturated rings. The number of hydrogen-bond donors (Lipinski definition) is 0. The van der Waals surface area contributed by atoms with Crippen LogP contribution in [0.15, 0.2) is 18.2 Å². The van der Waals surface area contributed by atoms with Crippen molar-refractivity contribution in [3.8, 4) is 5.75 Å². The van der Waals surface area contributed by atoms with Crippen LogP contribution in [0.4, 0.5) is 0 Å². The maximum Gasteiger partial charge on any atom is 0.166 e. The smallest absolute Gasteiger partial charge is 0.166 e. The predicted octanol–water partition coefficient (Wildman–Crippen LogP) is 4.65. The summed E-state index contributed by atoms with van der Waals surface area (Å²) in [4.78, 5) is 12.9. The summed E-state index contributed by atoms with van der Waals surface area (Å²) < 4.78 is 5.28. The monoisotopic (exact) mass is 274 g/mol. The number of ether oxygens (including phenoxy) is 1. The van der Waals surface area contributed by atoms with Gasteiger partial charge in [0.2, 0.25) is 0 Å². The molecule has 0 aliphatic heterocycles. The summed E-state index contributed by atoms with van der Waals surface area (Å²) in [5.41, 5.74) is 1.96. The zero-order valence-electron chi connectivity index (χ0n) is 13.3.